The fraction of sp³-hybridized carbons (Fsp3) is 1.00. The van der Waals surface area contributed by atoms with Gasteiger partial charge in [0.2, 0.25) is 0 Å². The lowest BCUT2D eigenvalue weighted by Crippen LogP contribution is -2.23. The van der Waals surface area contributed by atoms with Gasteiger partial charge >= 0.3 is 0 Å². The predicted molar refractivity (Wildman–Crippen MR) is 119 cm³/mol. The van der Waals surface area contributed by atoms with Crippen molar-refractivity contribution < 1.29 is 0 Å². The van der Waals surface area contributed by atoms with Gasteiger partial charge in [-0.1, -0.05) is 136 Å². The summed E-state index contributed by atoms with van der Waals surface area (Å²) in [4.78, 5) is 0. The minimum Gasteiger partial charge on any atom is -0.788 e. The van der Waals surface area contributed by atoms with E-state index in [0.717, 1.165) is 12.8 Å². The van der Waals surface area contributed by atoms with Crippen LogP contribution in [0.25, 0.3) is 0 Å². The molecule has 0 fully saturated rings. The zero-order valence-corrected chi connectivity index (χ0v) is 18.3. The summed E-state index contributed by atoms with van der Waals surface area (Å²) in [6.07, 6.45) is 28.1. The monoisotopic (exact) mass is 368 g/mol. The van der Waals surface area contributed by atoms with Crippen molar-refractivity contribution in [3.05, 3.63) is 5.21 Å². The minimum absolute atomic E-state index is 0.216. The molecule has 0 aromatic carbocycles. The third-order valence-electron chi connectivity index (χ3n) is 5.73. The van der Waals surface area contributed by atoms with E-state index in [4.69, 9.17) is 0 Å². The summed E-state index contributed by atoms with van der Waals surface area (Å²) in [6.45, 7) is 4.55. The van der Waals surface area contributed by atoms with Crippen LogP contribution in [-0.4, -0.2) is 6.04 Å². The molecule has 0 aliphatic rings. The maximum absolute atomic E-state index is 11.1. The summed E-state index contributed by atoms with van der Waals surface area (Å²) in [5.74, 6) is 0. The molecule has 1 atom stereocenters. The van der Waals surface area contributed by atoms with Crippen LogP contribution in [-0.2, 0) is 0 Å². The van der Waals surface area contributed by atoms with E-state index in [1.807, 2.05) is 0 Å². The third-order valence-corrected chi connectivity index (χ3v) is 5.73. The topological polar surface area (TPSA) is 35.1 Å². The van der Waals surface area contributed by atoms with E-state index in [1.165, 1.54) is 122 Å². The highest BCUT2D eigenvalue weighted by Gasteiger charge is 2.03. The van der Waals surface area contributed by atoms with E-state index in [-0.39, 0.29) is 6.04 Å². The Bertz CT molecular complexity index is 244. The van der Waals surface area contributed by atoms with Crippen molar-refractivity contribution >= 4 is 0 Å². The van der Waals surface area contributed by atoms with Crippen molar-refractivity contribution in [2.24, 2.45) is 0 Å². The lowest BCUT2D eigenvalue weighted by molar-refractivity contribution is 0.445. The first-order valence-electron chi connectivity index (χ1n) is 12.2. The molecule has 0 amide bonds. The standard InChI is InChI=1S/C24H50NO/c1-3-5-7-9-11-13-14-15-17-19-21-23-24(25-26)22-20-18-16-12-10-8-6-4-2/h24-25H,3-23H2,1-2H3/q-1. The first kappa shape index (κ1) is 25.9. The van der Waals surface area contributed by atoms with Crippen LogP contribution in [0.5, 0.6) is 0 Å². The van der Waals surface area contributed by atoms with Gasteiger partial charge < -0.3 is 10.7 Å². The highest BCUT2D eigenvalue weighted by molar-refractivity contribution is 4.67. The first-order chi connectivity index (χ1) is 12.8. The summed E-state index contributed by atoms with van der Waals surface area (Å²) in [5.41, 5.74) is 2.31. The quantitative estimate of drug-likeness (QED) is 0.153. The molecular weight excluding hydrogens is 318 g/mol. The Kier molecular flexibility index (Phi) is 22.9. The molecule has 2 nitrogen and oxygen atoms in total. The molecule has 0 aliphatic heterocycles. The number of hydroxylamine groups is 1. The van der Waals surface area contributed by atoms with Gasteiger partial charge in [-0.2, -0.15) is 0 Å². The van der Waals surface area contributed by atoms with Crippen molar-refractivity contribution in [3.8, 4) is 0 Å². The molecule has 0 rings (SSSR count). The Balaban J connectivity index is 3.27. The maximum Gasteiger partial charge on any atom is -0.00510 e. The molecule has 0 radical (unpaired) electrons. The van der Waals surface area contributed by atoms with E-state index in [9.17, 15) is 5.21 Å². The van der Waals surface area contributed by atoms with Crippen LogP contribution < -0.4 is 5.48 Å². The van der Waals surface area contributed by atoms with Crippen LogP contribution in [0.1, 0.15) is 149 Å². The minimum atomic E-state index is 0.216. The smallest absolute Gasteiger partial charge is 0.00510 e. The van der Waals surface area contributed by atoms with Crippen LogP contribution in [0.2, 0.25) is 0 Å². The lowest BCUT2D eigenvalue weighted by Gasteiger charge is -2.22. The van der Waals surface area contributed by atoms with Crippen LogP contribution in [0.3, 0.4) is 0 Å². The molecule has 0 aromatic heterocycles. The Labute approximate surface area is 165 Å². The molecule has 0 heterocycles. The van der Waals surface area contributed by atoms with Crippen LogP contribution >= 0.6 is 0 Å². The fourth-order valence-electron chi connectivity index (χ4n) is 3.84. The summed E-state index contributed by atoms with van der Waals surface area (Å²) in [5, 5.41) is 11.1. The van der Waals surface area contributed by atoms with Crippen molar-refractivity contribution in [1.82, 2.24) is 5.48 Å². The van der Waals surface area contributed by atoms with Gasteiger partial charge in [-0.15, -0.1) is 0 Å². The normalized spacial score (nSPS) is 12.6. The van der Waals surface area contributed by atoms with Gasteiger partial charge in [-0.3, -0.25) is 0 Å². The molecule has 158 valence electrons. The van der Waals surface area contributed by atoms with Gasteiger partial charge in [0, 0.05) is 0 Å². The average molecular weight is 369 g/mol. The second-order valence-corrected chi connectivity index (χ2v) is 8.40. The zero-order chi connectivity index (χ0) is 19.1. The van der Waals surface area contributed by atoms with Crippen LogP contribution in [0.15, 0.2) is 0 Å². The molecule has 0 bridgehead atoms. The number of rotatable bonds is 22. The second kappa shape index (κ2) is 23.0. The Morgan fingerprint density at radius 3 is 1.00 bits per heavy atom. The Morgan fingerprint density at radius 2 is 0.731 bits per heavy atom. The van der Waals surface area contributed by atoms with Gasteiger partial charge in [-0.05, 0) is 18.9 Å². The number of nitrogens with one attached hydrogen (secondary N) is 1. The van der Waals surface area contributed by atoms with Crippen molar-refractivity contribution in [1.29, 1.82) is 0 Å². The van der Waals surface area contributed by atoms with E-state index in [1.54, 1.807) is 0 Å². The SMILES string of the molecule is CCCCCCCCCCCCCC(CCCCCCCCCC)N[O-]. The summed E-state index contributed by atoms with van der Waals surface area (Å²) >= 11 is 0. The highest BCUT2D eigenvalue weighted by Crippen LogP contribution is 2.15. The summed E-state index contributed by atoms with van der Waals surface area (Å²) in [6, 6.07) is 0.216. The predicted octanol–water partition coefficient (Wildman–Crippen LogP) is 8.67. The summed E-state index contributed by atoms with van der Waals surface area (Å²) in [7, 11) is 0. The van der Waals surface area contributed by atoms with Gasteiger partial charge in [0.25, 0.3) is 0 Å². The number of hydrogen-bond donors (Lipinski definition) is 1. The fourth-order valence-corrected chi connectivity index (χ4v) is 3.84. The molecule has 0 saturated heterocycles. The second-order valence-electron chi connectivity index (χ2n) is 8.40. The van der Waals surface area contributed by atoms with E-state index >= 15 is 0 Å². The first-order valence-corrected chi connectivity index (χ1v) is 12.2. The molecule has 1 N–H and O–H groups in total. The Hall–Kier alpha value is -0.0800. The van der Waals surface area contributed by atoms with Crippen molar-refractivity contribution in [2.45, 2.75) is 155 Å². The van der Waals surface area contributed by atoms with Crippen LogP contribution in [0.4, 0.5) is 0 Å². The van der Waals surface area contributed by atoms with Gasteiger partial charge in [0.1, 0.15) is 0 Å². The van der Waals surface area contributed by atoms with E-state index < -0.39 is 0 Å². The van der Waals surface area contributed by atoms with Gasteiger partial charge in [0.05, 0.1) is 0 Å². The van der Waals surface area contributed by atoms with Crippen LogP contribution in [0, 0.1) is 5.21 Å². The van der Waals surface area contributed by atoms with Gasteiger partial charge in [-0.25, -0.2) is 0 Å². The molecule has 26 heavy (non-hydrogen) atoms. The van der Waals surface area contributed by atoms with Gasteiger partial charge in [0.15, 0.2) is 0 Å². The van der Waals surface area contributed by atoms with Crippen molar-refractivity contribution in [3.63, 3.8) is 0 Å². The number of unbranched alkanes of at least 4 members (excludes halogenated alkanes) is 17. The molecule has 0 spiro atoms. The van der Waals surface area contributed by atoms with E-state index in [2.05, 4.69) is 19.3 Å². The largest absolute Gasteiger partial charge is 0.788 e. The molecule has 1 unspecified atom stereocenters. The van der Waals surface area contributed by atoms with E-state index in [0.29, 0.717) is 0 Å². The Morgan fingerprint density at radius 1 is 0.462 bits per heavy atom. The molecule has 2 heteroatoms. The lowest BCUT2D eigenvalue weighted by atomic mass is 10.00. The average Bonchev–Trinajstić information content (AvgIpc) is 2.66. The third kappa shape index (κ3) is 20.2. The highest BCUT2D eigenvalue weighted by atomic mass is 16.5. The zero-order valence-electron chi connectivity index (χ0n) is 18.3. The number of hydrogen-bond acceptors (Lipinski definition) is 2. The molecule has 0 aliphatic carbocycles. The maximum atomic E-state index is 11.1. The molecule has 0 aromatic rings. The molecule has 0 saturated carbocycles. The van der Waals surface area contributed by atoms with Crippen molar-refractivity contribution in [2.75, 3.05) is 0 Å². The summed E-state index contributed by atoms with van der Waals surface area (Å²) < 4.78 is 0. The molecular formula is C24H50NO-.